The number of aliphatic hydroxyl groups excluding tert-OH is 1. The van der Waals surface area contributed by atoms with Gasteiger partial charge in [-0.15, -0.1) is 11.6 Å². The molecule has 4 heteroatoms. The van der Waals surface area contributed by atoms with Crippen molar-refractivity contribution < 1.29 is 14.6 Å². The monoisotopic (exact) mass is 168 g/mol. The SMILES string of the molecule is CC(O)OCCOCCCl. The van der Waals surface area contributed by atoms with E-state index >= 15 is 0 Å². The van der Waals surface area contributed by atoms with Gasteiger partial charge < -0.3 is 14.6 Å². The van der Waals surface area contributed by atoms with Crippen molar-refractivity contribution in [1.29, 1.82) is 0 Å². The molecule has 0 aliphatic rings. The quantitative estimate of drug-likeness (QED) is 0.359. The van der Waals surface area contributed by atoms with Crippen LogP contribution in [0.1, 0.15) is 6.92 Å². The summed E-state index contributed by atoms with van der Waals surface area (Å²) in [6.07, 6.45) is -0.709. The lowest BCUT2D eigenvalue weighted by atomic mass is 10.7. The van der Waals surface area contributed by atoms with E-state index in [9.17, 15) is 0 Å². The normalized spacial score (nSPS) is 13.5. The molecule has 0 saturated heterocycles. The van der Waals surface area contributed by atoms with Gasteiger partial charge in [0.25, 0.3) is 0 Å². The second-order valence-corrected chi connectivity index (χ2v) is 2.15. The van der Waals surface area contributed by atoms with Crippen LogP contribution in [-0.2, 0) is 9.47 Å². The van der Waals surface area contributed by atoms with E-state index in [1.165, 1.54) is 0 Å². The molecule has 0 fully saturated rings. The number of aliphatic hydroxyl groups is 1. The fourth-order valence-corrected chi connectivity index (χ4v) is 0.543. The smallest absolute Gasteiger partial charge is 0.151 e. The number of alkyl halides is 1. The molecule has 0 aromatic heterocycles. The highest BCUT2D eigenvalue weighted by Crippen LogP contribution is 1.84. The van der Waals surface area contributed by atoms with Crippen LogP contribution in [0.4, 0.5) is 0 Å². The van der Waals surface area contributed by atoms with E-state index in [0.717, 1.165) is 0 Å². The third-order valence-corrected chi connectivity index (χ3v) is 0.963. The Labute approximate surface area is 65.9 Å². The van der Waals surface area contributed by atoms with Crippen molar-refractivity contribution in [3.8, 4) is 0 Å². The zero-order valence-corrected chi connectivity index (χ0v) is 6.80. The Hall–Kier alpha value is 0.170. The van der Waals surface area contributed by atoms with E-state index in [-0.39, 0.29) is 0 Å². The summed E-state index contributed by atoms with van der Waals surface area (Å²) in [6, 6.07) is 0. The van der Waals surface area contributed by atoms with Crippen molar-refractivity contribution in [1.82, 2.24) is 0 Å². The largest absolute Gasteiger partial charge is 0.378 e. The van der Waals surface area contributed by atoms with Gasteiger partial charge in [0.2, 0.25) is 0 Å². The van der Waals surface area contributed by atoms with Crippen LogP contribution in [0.15, 0.2) is 0 Å². The molecule has 0 radical (unpaired) electrons. The molecule has 62 valence electrons. The first-order valence-electron chi connectivity index (χ1n) is 3.20. The van der Waals surface area contributed by atoms with Gasteiger partial charge in [0.1, 0.15) is 0 Å². The third-order valence-electron chi connectivity index (χ3n) is 0.808. The Balaban J connectivity index is 2.77. The molecule has 0 heterocycles. The summed E-state index contributed by atoms with van der Waals surface area (Å²) >= 11 is 5.33. The molecule has 10 heavy (non-hydrogen) atoms. The third kappa shape index (κ3) is 8.17. The molecule has 0 rings (SSSR count). The van der Waals surface area contributed by atoms with E-state index < -0.39 is 6.29 Å². The number of hydrogen-bond acceptors (Lipinski definition) is 3. The average molecular weight is 169 g/mol. The van der Waals surface area contributed by atoms with Gasteiger partial charge in [-0.3, -0.25) is 0 Å². The maximum absolute atomic E-state index is 8.61. The van der Waals surface area contributed by atoms with Gasteiger partial charge in [-0.05, 0) is 6.92 Å². The number of hydrogen-bond donors (Lipinski definition) is 1. The minimum absolute atomic E-state index is 0.411. The number of rotatable bonds is 6. The molecule has 1 unspecified atom stereocenters. The van der Waals surface area contributed by atoms with E-state index in [4.69, 9.17) is 26.2 Å². The Morgan fingerprint density at radius 2 is 2.10 bits per heavy atom. The van der Waals surface area contributed by atoms with Crippen molar-refractivity contribution in [2.45, 2.75) is 13.2 Å². The molecule has 0 amide bonds. The Morgan fingerprint density at radius 1 is 1.40 bits per heavy atom. The zero-order valence-electron chi connectivity index (χ0n) is 6.05. The topological polar surface area (TPSA) is 38.7 Å². The van der Waals surface area contributed by atoms with Crippen molar-refractivity contribution in [2.75, 3.05) is 25.7 Å². The summed E-state index contributed by atoms with van der Waals surface area (Å²) in [5, 5.41) is 8.61. The maximum Gasteiger partial charge on any atom is 0.151 e. The molecular weight excluding hydrogens is 156 g/mol. The molecule has 0 saturated carbocycles. The van der Waals surface area contributed by atoms with Crippen LogP contribution in [-0.4, -0.2) is 37.1 Å². The molecule has 0 aromatic rings. The number of ether oxygens (including phenoxy) is 2. The van der Waals surface area contributed by atoms with Crippen molar-refractivity contribution in [3.63, 3.8) is 0 Å². The Kier molecular flexibility index (Phi) is 7.40. The fraction of sp³-hybridized carbons (Fsp3) is 1.00. The molecule has 0 bridgehead atoms. The van der Waals surface area contributed by atoms with Gasteiger partial charge >= 0.3 is 0 Å². The highest BCUT2D eigenvalue weighted by Gasteiger charge is 1.92. The molecule has 1 atom stereocenters. The Bertz CT molecular complexity index is 68.0. The van der Waals surface area contributed by atoms with Gasteiger partial charge in [-0.25, -0.2) is 0 Å². The van der Waals surface area contributed by atoms with Crippen LogP contribution in [0.3, 0.4) is 0 Å². The molecule has 1 N–H and O–H groups in total. The fourth-order valence-electron chi connectivity index (χ4n) is 0.434. The lowest BCUT2D eigenvalue weighted by Crippen LogP contribution is -2.12. The van der Waals surface area contributed by atoms with Crippen LogP contribution < -0.4 is 0 Å². The van der Waals surface area contributed by atoms with Crippen LogP contribution in [0.5, 0.6) is 0 Å². The minimum atomic E-state index is -0.709. The summed E-state index contributed by atoms with van der Waals surface area (Å²) in [6.45, 7) is 2.98. The van der Waals surface area contributed by atoms with Gasteiger partial charge in [0.15, 0.2) is 6.29 Å². The van der Waals surface area contributed by atoms with Gasteiger partial charge in [-0.1, -0.05) is 0 Å². The van der Waals surface area contributed by atoms with Gasteiger partial charge in [0.05, 0.1) is 19.8 Å². The van der Waals surface area contributed by atoms with E-state index in [2.05, 4.69) is 0 Å². The van der Waals surface area contributed by atoms with Gasteiger partial charge in [-0.2, -0.15) is 0 Å². The zero-order chi connectivity index (χ0) is 7.82. The molecule has 0 spiro atoms. The molecular formula is C6H13ClO3. The summed E-state index contributed by atoms with van der Waals surface area (Å²) in [7, 11) is 0. The Morgan fingerprint density at radius 3 is 2.60 bits per heavy atom. The predicted octanol–water partition coefficient (Wildman–Crippen LogP) is 0.597. The first-order valence-corrected chi connectivity index (χ1v) is 3.74. The first kappa shape index (κ1) is 10.2. The van der Waals surface area contributed by atoms with Gasteiger partial charge in [0, 0.05) is 5.88 Å². The second-order valence-electron chi connectivity index (χ2n) is 1.77. The van der Waals surface area contributed by atoms with Crippen molar-refractivity contribution in [2.24, 2.45) is 0 Å². The lowest BCUT2D eigenvalue weighted by Gasteiger charge is -2.05. The standard InChI is InChI=1S/C6H13ClO3/c1-6(8)10-5-4-9-3-2-7/h6,8H,2-5H2,1H3. The summed E-state index contributed by atoms with van der Waals surface area (Å²) in [5.41, 5.74) is 0. The predicted molar refractivity (Wildman–Crippen MR) is 39.2 cm³/mol. The second kappa shape index (κ2) is 7.28. The molecule has 0 aromatic carbocycles. The van der Waals surface area contributed by atoms with Crippen LogP contribution in [0.2, 0.25) is 0 Å². The van der Waals surface area contributed by atoms with E-state index in [1.807, 2.05) is 0 Å². The van der Waals surface area contributed by atoms with E-state index in [0.29, 0.717) is 25.7 Å². The number of halogens is 1. The molecule has 0 aliphatic carbocycles. The highest BCUT2D eigenvalue weighted by atomic mass is 35.5. The van der Waals surface area contributed by atoms with Crippen LogP contribution in [0.25, 0.3) is 0 Å². The van der Waals surface area contributed by atoms with Crippen molar-refractivity contribution >= 4 is 11.6 Å². The highest BCUT2D eigenvalue weighted by molar-refractivity contribution is 6.17. The first-order chi connectivity index (χ1) is 4.77. The van der Waals surface area contributed by atoms with Crippen molar-refractivity contribution in [3.05, 3.63) is 0 Å². The summed E-state index contributed by atoms with van der Waals surface area (Å²) in [5.74, 6) is 0.495. The molecule has 0 aliphatic heterocycles. The minimum Gasteiger partial charge on any atom is -0.378 e. The summed E-state index contributed by atoms with van der Waals surface area (Å²) in [4.78, 5) is 0. The van der Waals surface area contributed by atoms with Crippen LogP contribution >= 0.6 is 11.6 Å². The lowest BCUT2D eigenvalue weighted by molar-refractivity contribution is -0.0986. The average Bonchev–Trinajstić information content (AvgIpc) is 1.87. The maximum atomic E-state index is 8.61. The van der Waals surface area contributed by atoms with E-state index in [1.54, 1.807) is 6.92 Å². The molecule has 3 nitrogen and oxygen atoms in total. The van der Waals surface area contributed by atoms with Crippen LogP contribution in [0, 0.1) is 0 Å². The summed E-state index contributed by atoms with van der Waals surface area (Å²) < 4.78 is 9.74.